The molecule has 18 heavy (non-hydrogen) atoms. The quantitative estimate of drug-likeness (QED) is 0.901. The van der Waals surface area contributed by atoms with Crippen molar-refractivity contribution in [3.05, 3.63) is 46.6 Å². The van der Waals surface area contributed by atoms with E-state index in [4.69, 9.17) is 4.42 Å². The van der Waals surface area contributed by atoms with Gasteiger partial charge >= 0.3 is 0 Å². The van der Waals surface area contributed by atoms with Crippen molar-refractivity contribution >= 4 is 15.9 Å². The van der Waals surface area contributed by atoms with Crippen LogP contribution in [0.3, 0.4) is 0 Å². The van der Waals surface area contributed by atoms with E-state index in [1.165, 1.54) is 0 Å². The summed E-state index contributed by atoms with van der Waals surface area (Å²) in [5.41, 5.74) is 1.12. The summed E-state index contributed by atoms with van der Waals surface area (Å²) in [7, 11) is 0. The van der Waals surface area contributed by atoms with Crippen molar-refractivity contribution in [2.75, 3.05) is 6.54 Å². The van der Waals surface area contributed by atoms with Gasteiger partial charge in [-0.15, -0.1) is 0 Å². The normalized spacial score (nSPS) is 11.1. The minimum absolute atomic E-state index is 0.714. The number of quaternary nitrogens is 1. The molecule has 0 atom stereocenters. The predicted octanol–water partition coefficient (Wildman–Crippen LogP) is 3.43. The fraction of sp³-hybridized carbons (Fsp3) is 0.333. The van der Waals surface area contributed by atoms with Crippen molar-refractivity contribution in [3.63, 3.8) is 0 Å². The van der Waals surface area contributed by atoms with Gasteiger partial charge in [0.2, 0.25) is 0 Å². The van der Waals surface area contributed by atoms with E-state index in [9.17, 15) is 0 Å². The van der Waals surface area contributed by atoms with Gasteiger partial charge in [0.15, 0.2) is 5.76 Å². The topological polar surface area (TPSA) is 29.8 Å². The van der Waals surface area contributed by atoms with Gasteiger partial charge < -0.3 is 9.73 Å². The van der Waals surface area contributed by atoms with E-state index in [2.05, 4.69) is 53.3 Å². The second kappa shape index (κ2) is 6.21. The summed E-state index contributed by atoms with van der Waals surface area (Å²) in [6.07, 6.45) is 0. The smallest absolute Gasteiger partial charge is 0.158 e. The van der Waals surface area contributed by atoms with Crippen molar-refractivity contribution in [1.82, 2.24) is 0 Å². The molecule has 1 heterocycles. The standard InChI is InChI=1S/C15H18BrNO/c1-11(2)9-17-10-14-7-8-15(18-14)12-3-5-13(16)6-4-12/h3-8,11,17H,9-10H2,1-2H3/p+1. The van der Waals surface area contributed by atoms with Gasteiger partial charge in [-0.05, 0) is 24.3 Å². The molecule has 0 unspecified atom stereocenters. The van der Waals surface area contributed by atoms with E-state index in [-0.39, 0.29) is 0 Å². The Balaban J connectivity index is 1.99. The number of benzene rings is 1. The summed E-state index contributed by atoms with van der Waals surface area (Å²) in [6, 6.07) is 12.3. The van der Waals surface area contributed by atoms with Crippen LogP contribution in [0.4, 0.5) is 0 Å². The molecular formula is C15H19BrNO+. The van der Waals surface area contributed by atoms with E-state index < -0.39 is 0 Å². The third-order valence-electron chi connectivity index (χ3n) is 2.77. The van der Waals surface area contributed by atoms with Crippen LogP contribution in [0, 0.1) is 5.92 Å². The van der Waals surface area contributed by atoms with E-state index in [1.54, 1.807) is 0 Å². The van der Waals surface area contributed by atoms with Crippen LogP contribution in [0.25, 0.3) is 11.3 Å². The fourth-order valence-corrected chi connectivity index (χ4v) is 2.08. The van der Waals surface area contributed by atoms with E-state index in [0.717, 1.165) is 34.6 Å². The third-order valence-corrected chi connectivity index (χ3v) is 3.30. The second-order valence-corrected chi connectivity index (χ2v) is 5.81. The van der Waals surface area contributed by atoms with Gasteiger partial charge in [-0.25, -0.2) is 0 Å². The maximum absolute atomic E-state index is 5.84. The molecule has 2 aromatic rings. The molecule has 96 valence electrons. The van der Waals surface area contributed by atoms with Crippen LogP contribution in [0.5, 0.6) is 0 Å². The highest BCUT2D eigenvalue weighted by Crippen LogP contribution is 2.23. The lowest BCUT2D eigenvalue weighted by molar-refractivity contribution is -0.676. The number of furan rings is 1. The molecule has 2 rings (SSSR count). The molecule has 0 bridgehead atoms. The summed E-state index contributed by atoms with van der Waals surface area (Å²) in [4.78, 5) is 0. The zero-order valence-corrected chi connectivity index (χ0v) is 12.4. The van der Waals surface area contributed by atoms with Crippen LogP contribution >= 0.6 is 15.9 Å². The van der Waals surface area contributed by atoms with Crippen molar-refractivity contribution in [2.24, 2.45) is 5.92 Å². The maximum atomic E-state index is 5.84. The Morgan fingerprint density at radius 2 is 1.83 bits per heavy atom. The Kier molecular flexibility index (Phi) is 4.61. The van der Waals surface area contributed by atoms with E-state index in [1.807, 2.05) is 18.2 Å². The average Bonchev–Trinajstić information content (AvgIpc) is 2.78. The molecule has 0 radical (unpaired) electrons. The summed E-state index contributed by atoms with van der Waals surface area (Å²) in [5, 5.41) is 2.29. The van der Waals surface area contributed by atoms with Gasteiger partial charge in [0, 0.05) is 16.0 Å². The predicted molar refractivity (Wildman–Crippen MR) is 77.2 cm³/mol. The van der Waals surface area contributed by atoms with E-state index in [0.29, 0.717) is 5.92 Å². The largest absolute Gasteiger partial charge is 0.455 e. The van der Waals surface area contributed by atoms with Crippen molar-refractivity contribution in [3.8, 4) is 11.3 Å². The molecule has 0 amide bonds. The first-order valence-electron chi connectivity index (χ1n) is 6.31. The zero-order chi connectivity index (χ0) is 13.0. The molecule has 0 saturated heterocycles. The van der Waals surface area contributed by atoms with Crippen LogP contribution in [0.1, 0.15) is 19.6 Å². The van der Waals surface area contributed by atoms with Crippen LogP contribution in [0.15, 0.2) is 45.3 Å². The first kappa shape index (κ1) is 13.4. The Labute approximate surface area is 117 Å². The van der Waals surface area contributed by atoms with Gasteiger partial charge in [-0.1, -0.05) is 41.9 Å². The number of rotatable bonds is 5. The van der Waals surface area contributed by atoms with Crippen molar-refractivity contribution < 1.29 is 9.73 Å². The molecule has 2 N–H and O–H groups in total. The van der Waals surface area contributed by atoms with Gasteiger partial charge in [0.05, 0.1) is 6.54 Å². The third kappa shape index (κ3) is 3.72. The number of hydrogen-bond acceptors (Lipinski definition) is 1. The molecule has 0 spiro atoms. The summed E-state index contributed by atoms with van der Waals surface area (Å²) < 4.78 is 6.93. The lowest BCUT2D eigenvalue weighted by Gasteiger charge is -2.02. The minimum atomic E-state index is 0.714. The summed E-state index contributed by atoms with van der Waals surface area (Å²) in [5.74, 6) is 2.69. The molecule has 0 aliphatic carbocycles. The van der Waals surface area contributed by atoms with Crippen molar-refractivity contribution in [2.45, 2.75) is 20.4 Å². The highest BCUT2D eigenvalue weighted by atomic mass is 79.9. The molecule has 0 aliphatic rings. The Bertz CT molecular complexity index is 487. The molecule has 0 saturated carbocycles. The molecule has 0 fully saturated rings. The number of nitrogens with two attached hydrogens (primary N) is 1. The first-order chi connectivity index (χ1) is 8.65. The molecule has 3 heteroatoms. The zero-order valence-electron chi connectivity index (χ0n) is 10.8. The van der Waals surface area contributed by atoms with Crippen molar-refractivity contribution in [1.29, 1.82) is 0 Å². The second-order valence-electron chi connectivity index (χ2n) is 4.90. The van der Waals surface area contributed by atoms with Crippen LogP contribution in [0.2, 0.25) is 0 Å². The first-order valence-corrected chi connectivity index (χ1v) is 7.11. The molecule has 0 aliphatic heterocycles. The van der Waals surface area contributed by atoms with Crippen LogP contribution in [-0.2, 0) is 6.54 Å². The van der Waals surface area contributed by atoms with Gasteiger partial charge in [0.1, 0.15) is 12.3 Å². The molecule has 2 nitrogen and oxygen atoms in total. The van der Waals surface area contributed by atoms with Gasteiger partial charge in [0.25, 0.3) is 0 Å². The summed E-state index contributed by atoms with van der Waals surface area (Å²) in [6.45, 7) is 6.50. The number of halogens is 1. The highest BCUT2D eigenvalue weighted by molar-refractivity contribution is 9.10. The van der Waals surface area contributed by atoms with Gasteiger partial charge in [-0.3, -0.25) is 0 Å². The average molecular weight is 309 g/mol. The Morgan fingerprint density at radius 3 is 2.50 bits per heavy atom. The SMILES string of the molecule is CC(C)C[NH2+]Cc1ccc(-c2ccc(Br)cc2)o1. The minimum Gasteiger partial charge on any atom is -0.455 e. The maximum Gasteiger partial charge on any atom is 0.158 e. The van der Waals surface area contributed by atoms with E-state index >= 15 is 0 Å². The summed E-state index contributed by atoms with van der Waals surface area (Å²) >= 11 is 3.44. The van der Waals surface area contributed by atoms with Crippen LogP contribution in [-0.4, -0.2) is 6.54 Å². The molecular weight excluding hydrogens is 290 g/mol. The number of hydrogen-bond donors (Lipinski definition) is 1. The Morgan fingerprint density at radius 1 is 1.11 bits per heavy atom. The monoisotopic (exact) mass is 308 g/mol. The Hall–Kier alpha value is -1.06. The highest BCUT2D eigenvalue weighted by Gasteiger charge is 2.06. The fourth-order valence-electron chi connectivity index (χ4n) is 1.82. The molecule has 1 aromatic carbocycles. The lowest BCUT2D eigenvalue weighted by Crippen LogP contribution is -2.83. The lowest BCUT2D eigenvalue weighted by atomic mass is 10.2. The molecule has 1 aromatic heterocycles. The van der Waals surface area contributed by atoms with Crippen LogP contribution < -0.4 is 5.32 Å². The van der Waals surface area contributed by atoms with Gasteiger partial charge in [-0.2, -0.15) is 0 Å².